The fraction of sp³-hybridized carbons (Fsp3) is 0. The van der Waals surface area contributed by atoms with Crippen molar-refractivity contribution in [3.8, 4) is 11.4 Å². The van der Waals surface area contributed by atoms with Crippen LogP contribution in [-0.4, -0.2) is 9.13 Å². The second-order valence-corrected chi connectivity index (χ2v) is 17.5. The van der Waals surface area contributed by atoms with Crippen LogP contribution in [0.15, 0.2) is 227 Å². The van der Waals surface area contributed by atoms with E-state index >= 15 is 0 Å². The normalized spacial score (nSPS) is 13.6. The van der Waals surface area contributed by atoms with Gasteiger partial charge in [-0.2, -0.15) is 10.9 Å². The van der Waals surface area contributed by atoms with Crippen LogP contribution < -0.4 is 9.80 Å². The Bertz CT molecular complexity index is 3250. The number of para-hydroxylation sites is 6. The third-order valence-corrected chi connectivity index (χ3v) is 14.9. The van der Waals surface area contributed by atoms with Crippen molar-refractivity contribution in [3.05, 3.63) is 212 Å². The molecule has 278 valence electrons. The van der Waals surface area contributed by atoms with Gasteiger partial charge in [0.1, 0.15) is 0 Å². The number of hydrogen-bond donors (Lipinski definition) is 1. The monoisotopic (exact) mass is 772 g/mol. The lowest BCUT2D eigenvalue weighted by Gasteiger charge is -2.46. The lowest BCUT2D eigenvalue weighted by molar-refractivity contribution is 1.09. The summed E-state index contributed by atoms with van der Waals surface area (Å²) in [6, 6.07) is 78.2. The largest absolute Gasteiger partial charge is 0.309 e. The molecule has 59 heavy (non-hydrogen) atoms. The van der Waals surface area contributed by atoms with Gasteiger partial charge in [-0.3, -0.25) is 0 Å². The van der Waals surface area contributed by atoms with Crippen molar-refractivity contribution in [2.75, 3.05) is 9.80 Å². The molecule has 0 aliphatic carbocycles. The van der Waals surface area contributed by atoms with Crippen molar-refractivity contribution in [1.29, 1.82) is 0 Å². The molecular weight excluding hydrogens is 737 g/mol. The SMILES string of the molecule is c1ccc(-n2c3ccccc3c3cc(N4c5ccccc5[SH]5c6ccccc6N(c6ccc7c(c6)c6ccccc6n7-c6ccccc6)c6cccc4c65)ccc32)cc1. The minimum Gasteiger partial charge on any atom is -0.309 e. The number of aromatic nitrogens is 2. The maximum absolute atomic E-state index is 2.52. The van der Waals surface area contributed by atoms with Gasteiger partial charge in [0.25, 0.3) is 0 Å². The summed E-state index contributed by atoms with van der Waals surface area (Å²) in [5.41, 5.74) is 14.4. The van der Waals surface area contributed by atoms with Crippen molar-refractivity contribution < 1.29 is 0 Å². The highest BCUT2D eigenvalue weighted by Crippen LogP contribution is 2.70. The van der Waals surface area contributed by atoms with E-state index in [0.717, 1.165) is 11.4 Å². The first-order chi connectivity index (χ1) is 29.3. The molecule has 13 rings (SSSR count). The molecule has 0 bridgehead atoms. The summed E-state index contributed by atoms with van der Waals surface area (Å²) in [6.07, 6.45) is 0. The summed E-state index contributed by atoms with van der Waals surface area (Å²) in [5.74, 6) is 0. The number of benzene rings is 9. The third-order valence-electron chi connectivity index (χ3n) is 12.3. The molecule has 0 radical (unpaired) electrons. The van der Waals surface area contributed by atoms with E-state index < -0.39 is 10.9 Å². The van der Waals surface area contributed by atoms with Crippen LogP contribution in [-0.2, 0) is 0 Å². The van der Waals surface area contributed by atoms with E-state index in [-0.39, 0.29) is 0 Å². The first-order valence-electron chi connectivity index (χ1n) is 20.2. The van der Waals surface area contributed by atoms with Gasteiger partial charge >= 0.3 is 0 Å². The van der Waals surface area contributed by atoms with Crippen LogP contribution in [0.25, 0.3) is 55.0 Å². The van der Waals surface area contributed by atoms with Gasteiger partial charge in [-0.15, -0.1) is 0 Å². The maximum Gasteiger partial charge on any atom is 0.0608 e. The summed E-state index contributed by atoms with van der Waals surface area (Å²) >= 11 is 0. The molecule has 2 aromatic heterocycles. The fourth-order valence-corrected chi connectivity index (χ4v) is 12.7. The second kappa shape index (κ2) is 12.5. The molecular formula is C54H36N4S. The minimum absolute atomic E-state index is 0.855. The molecule has 11 aromatic rings. The molecule has 4 heterocycles. The Morgan fingerprint density at radius 1 is 0.271 bits per heavy atom. The summed E-state index contributed by atoms with van der Waals surface area (Å²) in [6.45, 7) is 0. The van der Waals surface area contributed by atoms with Crippen molar-refractivity contribution in [3.63, 3.8) is 0 Å². The van der Waals surface area contributed by atoms with Gasteiger partial charge in [0.2, 0.25) is 0 Å². The number of fused-ring (bicyclic) bond motifs is 10. The fourth-order valence-electron chi connectivity index (χ4n) is 9.89. The number of hydrogen-bond acceptors (Lipinski definition) is 2. The summed E-state index contributed by atoms with van der Waals surface area (Å²) in [4.78, 5) is 9.18. The standard InChI is InChI=1S/C54H36N4S/c1-3-16-36(17-4-1)55-44-22-9-7-20-40(44)42-34-38(30-32-46(42)55)57-48-24-11-13-28-52(48)59-53-29-14-12-25-49(53)58(51-27-15-26-50(57)54(51)59)39-31-33-47-43(35-39)41-21-8-10-23-45(41)56(47)37-18-5-2-6-19-37/h1-35,59H. The molecule has 0 fully saturated rings. The Hall–Kier alpha value is -7.47. The van der Waals surface area contributed by atoms with Crippen molar-refractivity contribution in [1.82, 2.24) is 9.13 Å². The maximum atomic E-state index is 2.52. The molecule has 2 aliphatic rings. The van der Waals surface area contributed by atoms with Crippen LogP contribution in [0.3, 0.4) is 0 Å². The number of rotatable bonds is 4. The van der Waals surface area contributed by atoms with Crippen molar-refractivity contribution >= 4 is 88.6 Å². The Morgan fingerprint density at radius 2 is 0.661 bits per heavy atom. The van der Waals surface area contributed by atoms with Crippen LogP contribution in [0.5, 0.6) is 0 Å². The van der Waals surface area contributed by atoms with Crippen LogP contribution in [0.4, 0.5) is 34.1 Å². The molecule has 0 N–H and O–H groups in total. The van der Waals surface area contributed by atoms with Gasteiger partial charge in [-0.25, -0.2) is 0 Å². The Morgan fingerprint density at radius 3 is 1.15 bits per heavy atom. The average molecular weight is 773 g/mol. The molecule has 0 saturated heterocycles. The molecule has 0 atom stereocenters. The first kappa shape index (κ1) is 32.6. The minimum atomic E-state index is -0.855. The average Bonchev–Trinajstić information content (AvgIpc) is 3.82. The van der Waals surface area contributed by atoms with Crippen LogP contribution >= 0.6 is 10.9 Å². The molecule has 0 unspecified atom stereocenters. The zero-order chi connectivity index (χ0) is 38.6. The summed E-state index contributed by atoms with van der Waals surface area (Å²) < 4.78 is 4.79. The first-order valence-corrected chi connectivity index (χ1v) is 21.5. The van der Waals surface area contributed by atoms with Crippen LogP contribution in [0.2, 0.25) is 0 Å². The lowest BCUT2D eigenvalue weighted by Crippen LogP contribution is -2.23. The zero-order valence-electron chi connectivity index (χ0n) is 31.9. The molecule has 2 aliphatic heterocycles. The van der Waals surface area contributed by atoms with Gasteiger partial charge in [-0.1, -0.05) is 103 Å². The molecule has 0 amide bonds. The highest BCUT2D eigenvalue weighted by molar-refractivity contribution is 8.17. The van der Waals surface area contributed by atoms with Crippen molar-refractivity contribution in [2.24, 2.45) is 0 Å². The number of anilines is 6. The molecule has 5 heteroatoms. The van der Waals surface area contributed by atoms with Crippen LogP contribution in [0.1, 0.15) is 0 Å². The molecule has 0 spiro atoms. The summed E-state index contributed by atoms with van der Waals surface area (Å²) in [7, 11) is -0.855. The van der Waals surface area contributed by atoms with E-state index in [1.807, 2.05) is 0 Å². The quantitative estimate of drug-likeness (QED) is 0.179. The van der Waals surface area contributed by atoms with E-state index in [9.17, 15) is 0 Å². The Labute approximate surface area is 344 Å². The Balaban J connectivity index is 1.04. The van der Waals surface area contributed by atoms with Gasteiger partial charge in [0, 0.05) is 59.0 Å². The van der Waals surface area contributed by atoms with Crippen LogP contribution in [0, 0.1) is 0 Å². The lowest BCUT2D eigenvalue weighted by atomic mass is 10.1. The zero-order valence-corrected chi connectivity index (χ0v) is 32.8. The highest BCUT2D eigenvalue weighted by atomic mass is 32.2. The molecule has 9 aromatic carbocycles. The van der Waals surface area contributed by atoms with E-state index in [1.165, 1.54) is 92.4 Å². The predicted octanol–water partition coefficient (Wildman–Crippen LogP) is 14.9. The molecule has 0 saturated carbocycles. The van der Waals surface area contributed by atoms with E-state index in [4.69, 9.17) is 0 Å². The number of thiol groups is 1. The van der Waals surface area contributed by atoms with Gasteiger partial charge < -0.3 is 18.9 Å². The molecule has 4 nitrogen and oxygen atoms in total. The van der Waals surface area contributed by atoms with E-state index in [2.05, 4.69) is 231 Å². The smallest absolute Gasteiger partial charge is 0.0608 e. The van der Waals surface area contributed by atoms with Crippen molar-refractivity contribution in [2.45, 2.75) is 14.7 Å². The topological polar surface area (TPSA) is 16.3 Å². The van der Waals surface area contributed by atoms with Gasteiger partial charge in [0.05, 0.1) is 44.8 Å². The van der Waals surface area contributed by atoms with Gasteiger partial charge in [-0.05, 0) is 109 Å². The third kappa shape index (κ3) is 4.62. The highest BCUT2D eigenvalue weighted by Gasteiger charge is 2.39. The van der Waals surface area contributed by atoms with E-state index in [1.54, 1.807) is 0 Å². The number of nitrogens with zero attached hydrogens (tertiary/aromatic N) is 4. The predicted molar refractivity (Wildman–Crippen MR) is 248 cm³/mol. The summed E-state index contributed by atoms with van der Waals surface area (Å²) in [5, 5.41) is 4.99. The Kier molecular flexibility index (Phi) is 6.91. The van der Waals surface area contributed by atoms with E-state index in [0.29, 0.717) is 0 Å². The second-order valence-electron chi connectivity index (χ2n) is 15.4. The van der Waals surface area contributed by atoms with Gasteiger partial charge in [0.15, 0.2) is 0 Å².